The van der Waals surface area contributed by atoms with Gasteiger partial charge in [-0.3, -0.25) is 9.13 Å². The smallest absolute Gasteiger partial charge is 0.326 e. The molecule has 6 nitrogen and oxygen atoms in total. The van der Waals surface area contributed by atoms with Crippen molar-refractivity contribution < 1.29 is 8.78 Å². The lowest BCUT2D eigenvalue weighted by Crippen LogP contribution is -2.19. The minimum absolute atomic E-state index is 0.130. The Morgan fingerprint density at radius 1 is 1.03 bits per heavy atom. The van der Waals surface area contributed by atoms with Crippen LogP contribution in [0.2, 0.25) is 0 Å². The highest BCUT2D eigenvalue weighted by molar-refractivity contribution is 5.77. The highest BCUT2D eigenvalue weighted by atomic mass is 19.1. The maximum atomic E-state index is 13.4. The molecular weight excluding hydrogens is 472 g/mol. The summed E-state index contributed by atoms with van der Waals surface area (Å²) in [6.07, 6.45) is 14.5. The summed E-state index contributed by atoms with van der Waals surface area (Å²) in [7, 11) is 3.27. The van der Waals surface area contributed by atoms with Crippen LogP contribution in [0.5, 0.6) is 0 Å². The van der Waals surface area contributed by atoms with E-state index >= 15 is 0 Å². The van der Waals surface area contributed by atoms with Gasteiger partial charge in [0.1, 0.15) is 17.3 Å². The van der Waals surface area contributed by atoms with Crippen molar-refractivity contribution >= 4 is 16.7 Å². The molecule has 1 unspecified atom stereocenters. The molecule has 1 atom stereocenters. The highest BCUT2D eigenvalue weighted by Crippen LogP contribution is 2.31. The van der Waals surface area contributed by atoms with Crippen molar-refractivity contribution in [2.75, 3.05) is 0 Å². The predicted molar refractivity (Wildman–Crippen MR) is 147 cm³/mol. The van der Waals surface area contributed by atoms with E-state index in [1.54, 1.807) is 37.0 Å². The van der Waals surface area contributed by atoms with Crippen LogP contribution in [-0.4, -0.2) is 18.5 Å². The van der Waals surface area contributed by atoms with E-state index in [1.807, 2.05) is 6.92 Å². The number of benzene rings is 1. The second kappa shape index (κ2) is 13.0. The van der Waals surface area contributed by atoms with Crippen molar-refractivity contribution in [3.8, 4) is 0 Å². The predicted octanol–water partition coefficient (Wildman–Crippen LogP) is 6.12. The lowest BCUT2D eigenvalue weighted by atomic mass is 9.80. The molecule has 3 aromatic heterocycles. The maximum absolute atomic E-state index is 13.4. The van der Waals surface area contributed by atoms with Gasteiger partial charge in [0.05, 0.1) is 11.0 Å². The van der Waals surface area contributed by atoms with Crippen LogP contribution in [0.1, 0.15) is 70.4 Å². The van der Waals surface area contributed by atoms with Gasteiger partial charge in [0.15, 0.2) is 0 Å². The first-order chi connectivity index (χ1) is 17.7. The van der Waals surface area contributed by atoms with Crippen molar-refractivity contribution in [1.29, 1.82) is 0 Å². The Morgan fingerprint density at radius 2 is 1.68 bits per heavy atom. The van der Waals surface area contributed by atoms with Crippen LogP contribution < -0.4 is 11.4 Å². The number of pyridine rings is 1. The summed E-state index contributed by atoms with van der Waals surface area (Å²) in [4.78, 5) is 15.7. The number of imidazole rings is 2. The van der Waals surface area contributed by atoms with Gasteiger partial charge in [-0.2, -0.15) is 0 Å². The Bertz CT molecular complexity index is 1360. The molecule has 5 rings (SSSR count). The van der Waals surface area contributed by atoms with Gasteiger partial charge in [-0.25, -0.2) is 18.6 Å². The van der Waals surface area contributed by atoms with Crippen molar-refractivity contribution in [2.24, 2.45) is 31.7 Å². The highest BCUT2D eigenvalue weighted by Gasteiger charge is 2.18. The molecular formula is C29H41F2N5O. The quantitative estimate of drug-likeness (QED) is 0.357. The molecule has 2 N–H and O–H groups in total. The van der Waals surface area contributed by atoms with Gasteiger partial charge < -0.3 is 10.1 Å². The largest absolute Gasteiger partial charge is 0.328 e. The standard InChI is InChI=1S/C10H12FN3O.C10H20.C9H9FN2/c1-13-8-3-6(5-12)7(11)4-9(8)14(2)10(13)15;1-3-9(2)10-7-5-4-6-8-10;1-2-7-5-8(10)6-12-4-3-11-9(7)12/h3-4H,5,12H2,1-2H3;9-10H,3-8H2,1-2H3;3-6H,2H2,1H3. The first-order valence-electron chi connectivity index (χ1n) is 13.4. The van der Waals surface area contributed by atoms with Crippen molar-refractivity contribution in [3.63, 3.8) is 0 Å². The Balaban J connectivity index is 0.000000158. The number of nitrogens with zero attached hydrogens (tertiary/aromatic N) is 4. The van der Waals surface area contributed by atoms with Crippen molar-refractivity contribution in [1.82, 2.24) is 18.5 Å². The normalized spacial score (nSPS) is 14.7. The van der Waals surface area contributed by atoms with Crippen LogP contribution >= 0.6 is 0 Å². The van der Waals surface area contributed by atoms with Gasteiger partial charge in [-0.05, 0) is 36.0 Å². The Hall–Kier alpha value is -3.00. The SMILES string of the molecule is CCC(C)C1CCCCC1.CCc1cc(F)cn2ccnc12.Cn1c(=O)n(C)c2cc(CN)c(F)cc21. The second-order valence-corrected chi connectivity index (χ2v) is 10.0. The molecule has 1 fully saturated rings. The Morgan fingerprint density at radius 3 is 2.27 bits per heavy atom. The molecule has 0 amide bonds. The van der Waals surface area contributed by atoms with Gasteiger partial charge in [0.2, 0.25) is 0 Å². The number of aromatic nitrogens is 4. The van der Waals surface area contributed by atoms with E-state index in [0.717, 1.165) is 29.5 Å². The molecule has 1 saturated carbocycles. The van der Waals surface area contributed by atoms with E-state index in [9.17, 15) is 13.6 Å². The lowest BCUT2D eigenvalue weighted by molar-refractivity contribution is 0.258. The van der Waals surface area contributed by atoms with Crippen LogP contribution in [-0.2, 0) is 27.1 Å². The van der Waals surface area contributed by atoms with Crippen molar-refractivity contribution in [2.45, 2.75) is 72.3 Å². The molecule has 0 bridgehead atoms. The van der Waals surface area contributed by atoms with Gasteiger partial charge in [-0.15, -0.1) is 0 Å². The van der Waals surface area contributed by atoms with Gasteiger partial charge in [0, 0.05) is 50.9 Å². The van der Waals surface area contributed by atoms with Crippen LogP contribution in [0.3, 0.4) is 0 Å². The van der Waals surface area contributed by atoms with Crippen LogP contribution in [0, 0.1) is 23.5 Å². The summed E-state index contributed by atoms with van der Waals surface area (Å²) in [5.74, 6) is 1.47. The number of hydrogen-bond donors (Lipinski definition) is 1. The molecule has 1 aliphatic carbocycles. The number of rotatable bonds is 4. The molecule has 0 spiro atoms. The first-order valence-corrected chi connectivity index (χ1v) is 13.4. The fourth-order valence-electron chi connectivity index (χ4n) is 5.08. The minimum atomic E-state index is -0.369. The summed E-state index contributed by atoms with van der Waals surface area (Å²) >= 11 is 0. The van der Waals surface area contributed by atoms with Gasteiger partial charge in [-0.1, -0.05) is 59.3 Å². The number of fused-ring (bicyclic) bond motifs is 2. The summed E-state index contributed by atoms with van der Waals surface area (Å²) in [6.45, 7) is 6.85. The van der Waals surface area contributed by atoms with E-state index in [2.05, 4.69) is 18.8 Å². The molecule has 0 saturated heterocycles. The summed E-state index contributed by atoms with van der Waals surface area (Å²) in [6, 6.07) is 4.49. The third-order valence-electron chi connectivity index (χ3n) is 7.67. The monoisotopic (exact) mass is 513 g/mol. The van der Waals surface area contributed by atoms with Gasteiger partial charge >= 0.3 is 5.69 Å². The van der Waals surface area contributed by atoms with E-state index in [-0.39, 0.29) is 23.9 Å². The third-order valence-corrected chi connectivity index (χ3v) is 7.67. The molecule has 0 aliphatic heterocycles. The average Bonchev–Trinajstić information content (AvgIpc) is 3.47. The summed E-state index contributed by atoms with van der Waals surface area (Å²) < 4.78 is 30.9. The lowest BCUT2D eigenvalue weighted by Gasteiger charge is -2.26. The molecule has 8 heteroatoms. The molecule has 4 aromatic rings. The number of nitrogens with two attached hydrogens (primary N) is 1. The van der Waals surface area contributed by atoms with E-state index in [1.165, 1.54) is 66.0 Å². The molecule has 3 heterocycles. The van der Waals surface area contributed by atoms with Gasteiger partial charge in [0.25, 0.3) is 0 Å². The first kappa shape index (κ1) is 28.6. The van der Waals surface area contributed by atoms with Crippen LogP contribution in [0.25, 0.3) is 16.7 Å². The second-order valence-electron chi connectivity index (χ2n) is 10.0. The Labute approximate surface area is 218 Å². The summed E-state index contributed by atoms with van der Waals surface area (Å²) in [5.41, 5.74) is 8.72. The number of hydrogen-bond acceptors (Lipinski definition) is 3. The summed E-state index contributed by atoms with van der Waals surface area (Å²) in [5, 5.41) is 0. The zero-order chi connectivity index (χ0) is 27.1. The van der Waals surface area contributed by atoms with E-state index in [4.69, 9.17) is 5.73 Å². The fraction of sp³-hybridized carbons (Fsp3) is 0.517. The molecule has 1 aliphatic rings. The van der Waals surface area contributed by atoms with Crippen LogP contribution in [0.4, 0.5) is 8.78 Å². The molecule has 202 valence electrons. The topological polar surface area (TPSA) is 70.2 Å². The maximum Gasteiger partial charge on any atom is 0.328 e. The molecule has 1 aromatic carbocycles. The van der Waals surface area contributed by atoms with E-state index < -0.39 is 0 Å². The number of halogens is 2. The molecule has 37 heavy (non-hydrogen) atoms. The zero-order valence-electron chi connectivity index (χ0n) is 22.8. The third kappa shape index (κ3) is 6.66. The Kier molecular flexibility index (Phi) is 10.0. The average molecular weight is 514 g/mol. The number of aryl methyl sites for hydroxylation is 3. The van der Waals surface area contributed by atoms with Crippen LogP contribution in [0.15, 0.2) is 41.6 Å². The van der Waals surface area contributed by atoms with Crippen molar-refractivity contribution in [3.05, 3.63) is 70.0 Å². The fourth-order valence-corrected chi connectivity index (χ4v) is 5.08. The zero-order valence-corrected chi connectivity index (χ0v) is 22.8. The van der Waals surface area contributed by atoms with E-state index in [0.29, 0.717) is 16.6 Å². The minimum Gasteiger partial charge on any atom is -0.326 e. The molecule has 0 radical (unpaired) electrons.